The highest BCUT2D eigenvalue weighted by atomic mass is 35.5. The summed E-state index contributed by atoms with van der Waals surface area (Å²) in [6, 6.07) is 14.9. The molecule has 2 aromatic rings. The molecule has 6 nitrogen and oxygen atoms in total. The smallest absolute Gasteiger partial charge is 0.252 e. The monoisotopic (exact) mass is 415 g/mol. The third-order valence-electron chi connectivity index (χ3n) is 4.65. The normalized spacial score (nSPS) is 12.5. The Kier molecular flexibility index (Phi) is 8.68. The van der Waals surface area contributed by atoms with Crippen molar-refractivity contribution in [2.75, 3.05) is 13.1 Å². The predicted octanol–water partition coefficient (Wildman–Crippen LogP) is 3.03. The summed E-state index contributed by atoms with van der Waals surface area (Å²) in [5.41, 5.74) is 0.883. The van der Waals surface area contributed by atoms with Crippen LogP contribution in [0.2, 0.25) is 5.02 Å². The number of halogens is 1. The average Bonchev–Trinajstić information content (AvgIpc) is 2.74. The lowest BCUT2D eigenvalue weighted by molar-refractivity contribution is -0.124. The largest absolute Gasteiger partial charge is 0.353 e. The molecule has 154 valence electrons. The van der Waals surface area contributed by atoms with Crippen molar-refractivity contribution < 1.29 is 14.4 Å². The summed E-state index contributed by atoms with van der Waals surface area (Å²) in [6.45, 7) is 4.36. The Bertz CT molecular complexity index is 842. The van der Waals surface area contributed by atoms with Crippen molar-refractivity contribution in [3.63, 3.8) is 0 Å². The topological polar surface area (TPSA) is 87.3 Å². The third kappa shape index (κ3) is 6.61. The van der Waals surface area contributed by atoms with E-state index in [4.69, 9.17) is 11.6 Å². The minimum atomic E-state index is -0.660. The zero-order chi connectivity index (χ0) is 21.2. The molecule has 0 heterocycles. The molecule has 0 aliphatic carbocycles. The first-order chi connectivity index (χ1) is 13.9. The van der Waals surface area contributed by atoms with Crippen molar-refractivity contribution in [3.05, 3.63) is 70.7 Å². The molecule has 0 bridgehead atoms. The van der Waals surface area contributed by atoms with Crippen molar-refractivity contribution in [3.8, 4) is 0 Å². The van der Waals surface area contributed by atoms with E-state index in [-0.39, 0.29) is 36.7 Å². The van der Waals surface area contributed by atoms with E-state index >= 15 is 0 Å². The van der Waals surface area contributed by atoms with Crippen LogP contribution in [0.1, 0.15) is 41.0 Å². The lowest BCUT2D eigenvalue weighted by atomic mass is 9.98. The molecule has 2 unspecified atom stereocenters. The van der Waals surface area contributed by atoms with Crippen LogP contribution >= 0.6 is 11.6 Å². The van der Waals surface area contributed by atoms with Gasteiger partial charge in [-0.3, -0.25) is 14.4 Å². The Balaban J connectivity index is 1.87. The number of hydrogen-bond donors (Lipinski definition) is 3. The van der Waals surface area contributed by atoms with Gasteiger partial charge < -0.3 is 16.0 Å². The summed E-state index contributed by atoms with van der Waals surface area (Å²) < 4.78 is 0. The second-order valence-corrected chi connectivity index (χ2v) is 7.14. The van der Waals surface area contributed by atoms with E-state index in [9.17, 15) is 14.4 Å². The van der Waals surface area contributed by atoms with Gasteiger partial charge in [-0.05, 0) is 30.2 Å². The molecule has 3 amide bonds. The van der Waals surface area contributed by atoms with E-state index in [1.54, 1.807) is 48.5 Å². The highest BCUT2D eigenvalue weighted by Gasteiger charge is 2.26. The fourth-order valence-electron chi connectivity index (χ4n) is 2.73. The summed E-state index contributed by atoms with van der Waals surface area (Å²) in [5, 5.41) is 8.67. The van der Waals surface area contributed by atoms with Gasteiger partial charge in [0, 0.05) is 18.7 Å². The molecule has 0 saturated carbocycles. The summed E-state index contributed by atoms with van der Waals surface area (Å²) in [6.07, 6.45) is 0.733. The Labute approximate surface area is 176 Å². The fraction of sp³-hybridized carbons (Fsp3) is 0.318. The number of benzene rings is 2. The van der Waals surface area contributed by atoms with Crippen LogP contribution in [-0.4, -0.2) is 36.9 Å². The van der Waals surface area contributed by atoms with Crippen molar-refractivity contribution in [2.45, 2.75) is 26.3 Å². The summed E-state index contributed by atoms with van der Waals surface area (Å²) >= 11 is 6.00. The van der Waals surface area contributed by atoms with Gasteiger partial charge in [0.05, 0.1) is 10.6 Å². The fourth-order valence-corrected chi connectivity index (χ4v) is 2.95. The maximum atomic E-state index is 12.6. The first kappa shape index (κ1) is 22.4. The number of rotatable bonds is 9. The van der Waals surface area contributed by atoms with Gasteiger partial charge in [-0.2, -0.15) is 0 Å². The summed E-state index contributed by atoms with van der Waals surface area (Å²) in [4.78, 5) is 37.2. The molecule has 7 heteroatoms. The molecule has 29 heavy (non-hydrogen) atoms. The molecular weight excluding hydrogens is 390 g/mol. The van der Waals surface area contributed by atoms with Gasteiger partial charge in [-0.15, -0.1) is 0 Å². The molecule has 2 aromatic carbocycles. The lowest BCUT2D eigenvalue weighted by Crippen LogP contribution is -2.51. The van der Waals surface area contributed by atoms with Crippen LogP contribution in [0, 0.1) is 5.92 Å². The van der Waals surface area contributed by atoms with Crippen LogP contribution in [0.3, 0.4) is 0 Å². The molecule has 0 fully saturated rings. The number of nitrogens with one attached hydrogen (secondary N) is 3. The molecule has 0 aromatic heterocycles. The van der Waals surface area contributed by atoms with Gasteiger partial charge in [-0.25, -0.2) is 0 Å². The number of hydrogen-bond acceptors (Lipinski definition) is 3. The van der Waals surface area contributed by atoms with Crippen molar-refractivity contribution >= 4 is 29.3 Å². The Morgan fingerprint density at radius 2 is 1.52 bits per heavy atom. The first-order valence-electron chi connectivity index (χ1n) is 9.60. The Hall–Kier alpha value is -2.86. The van der Waals surface area contributed by atoms with E-state index in [1.807, 2.05) is 19.9 Å². The van der Waals surface area contributed by atoms with Crippen LogP contribution in [0.5, 0.6) is 0 Å². The van der Waals surface area contributed by atoms with E-state index in [1.165, 1.54) is 0 Å². The second kappa shape index (κ2) is 11.2. The summed E-state index contributed by atoms with van der Waals surface area (Å²) in [7, 11) is 0. The van der Waals surface area contributed by atoms with Crippen molar-refractivity contribution in [1.82, 2.24) is 16.0 Å². The van der Waals surface area contributed by atoms with Gasteiger partial charge in [-0.1, -0.05) is 62.2 Å². The van der Waals surface area contributed by atoms with Gasteiger partial charge >= 0.3 is 0 Å². The molecule has 0 aliphatic heterocycles. The zero-order valence-electron chi connectivity index (χ0n) is 16.6. The van der Waals surface area contributed by atoms with Gasteiger partial charge in [0.25, 0.3) is 11.8 Å². The van der Waals surface area contributed by atoms with E-state index in [2.05, 4.69) is 16.0 Å². The van der Waals surface area contributed by atoms with Gasteiger partial charge in [0.15, 0.2) is 0 Å². The maximum Gasteiger partial charge on any atom is 0.252 e. The Morgan fingerprint density at radius 1 is 0.897 bits per heavy atom. The molecule has 3 N–H and O–H groups in total. The second-order valence-electron chi connectivity index (χ2n) is 6.73. The van der Waals surface area contributed by atoms with Crippen molar-refractivity contribution in [1.29, 1.82) is 0 Å². The average molecular weight is 416 g/mol. The van der Waals surface area contributed by atoms with Gasteiger partial charge in [0.2, 0.25) is 5.91 Å². The highest BCUT2D eigenvalue weighted by molar-refractivity contribution is 6.33. The van der Waals surface area contributed by atoms with Crippen LogP contribution in [0.25, 0.3) is 0 Å². The predicted molar refractivity (Wildman–Crippen MR) is 114 cm³/mol. The standard InChI is InChI=1S/C22H26ClN3O3/c1-3-15(2)19(26-20(27)16-9-5-4-6-10-16)22(29)25-14-13-24-21(28)17-11-7-8-12-18(17)23/h4-12,15,19H,3,13-14H2,1-2H3,(H,24,28)(H,25,29)(H,26,27). The van der Waals surface area contributed by atoms with Crippen LogP contribution in [0.15, 0.2) is 54.6 Å². The molecule has 0 radical (unpaired) electrons. The lowest BCUT2D eigenvalue weighted by Gasteiger charge is -2.23. The SMILES string of the molecule is CCC(C)C(NC(=O)c1ccccc1)C(=O)NCCNC(=O)c1ccccc1Cl. The zero-order valence-corrected chi connectivity index (χ0v) is 17.3. The first-order valence-corrected chi connectivity index (χ1v) is 9.98. The minimum Gasteiger partial charge on any atom is -0.353 e. The number of amides is 3. The van der Waals surface area contributed by atoms with E-state index in [0.717, 1.165) is 6.42 Å². The molecule has 2 rings (SSSR count). The van der Waals surface area contributed by atoms with Crippen molar-refractivity contribution in [2.24, 2.45) is 5.92 Å². The number of carbonyl (C=O) groups excluding carboxylic acids is 3. The van der Waals surface area contributed by atoms with Crippen LogP contribution < -0.4 is 16.0 Å². The van der Waals surface area contributed by atoms with E-state index in [0.29, 0.717) is 16.1 Å². The molecule has 0 spiro atoms. The highest BCUT2D eigenvalue weighted by Crippen LogP contribution is 2.14. The molecule has 2 atom stereocenters. The molecular formula is C22H26ClN3O3. The Morgan fingerprint density at radius 3 is 2.17 bits per heavy atom. The molecule has 0 saturated heterocycles. The molecule has 0 aliphatic rings. The quantitative estimate of drug-likeness (QED) is 0.550. The number of carbonyl (C=O) groups is 3. The van der Waals surface area contributed by atoms with Crippen LogP contribution in [0.4, 0.5) is 0 Å². The summed E-state index contributed by atoms with van der Waals surface area (Å²) in [5.74, 6) is -0.921. The minimum absolute atomic E-state index is 0.0413. The van der Waals surface area contributed by atoms with Gasteiger partial charge in [0.1, 0.15) is 6.04 Å². The van der Waals surface area contributed by atoms with Crippen LogP contribution in [-0.2, 0) is 4.79 Å². The third-order valence-corrected chi connectivity index (χ3v) is 4.98. The maximum absolute atomic E-state index is 12.6. The van der Waals surface area contributed by atoms with E-state index < -0.39 is 6.04 Å².